The summed E-state index contributed by atoms with van der Waals surface area (Å²) in [6.45, 7) is 5.08. The first kappa shape index (κ1) is 18.2. The van der Waals surface area contributed by atoms with E-state index in [0.29, 0.717) is 13.1 Å². The normalized spacial score (nSPS) is 18.2. The molecule has 1 rings (SSSR count). The molecule has 1 aliphatic carbocycles. The zero-order valence-electron chi connectivity index (χ0n) is 12.9. The predicted octanol–water partition coefficient (Wildman–Crippen LogP) is 1.43. The van der Waals surface area contributed by atoms with Crippen LogP contribution in [-0.4, -0.2) is 57.0 Å². The molecule has 0 heterocycles. The Morgan fingerprint density at radius 3 is 2.50 bits per heavy atom. The molecule has 0 aliphatic heterocycles. The van der Waals surface area contributed by atoms with Gasteiger partial charge in [-0.2, -0.15) is 24.5 Å². The van der Waals surface area contributed by atoms with Gasteiger partial charge in [0.15, 0.2) is 0 Å². The van der Waals surface area contributed by atoms with Crippen LogP contribution >= 0.6 is 11.8 Å². The maximum Gasteiger partial charge on any atom is 0.279 e. The van der Waals surface area contributed by atoms with E-state index in [4.69, 9.17) is 0 Å². The van der Waals surface area contributed by atoms with Gasteiger partial charge in [-0.3, -0.25) is 0 Å². The van der Waals surface area contributed by atoms with Gasteiger partial charge in [-0.25, -0.2) is 4.72 Å². The lowest BCUT2D eigenvalue weighted by Gasteiger charge is -2.40. The summed E-state index contributed by atoms with van der Waals surface area (Å²) in [6.07, 6.45) is 7.44. The van der Waals surface area contributed by atoms with Crippen molar-refractivity contribution < 1.29 is 8.42 Å². The number of thioether (sulfide) groups is 1. The second-order valence-corrected chi connectivity index (χ2v) is 8.63. The first-order chi connectivity index (χ1) is 9.46. The second kappa shape index (κ2) is 8.58. The van der Waals surface area contributed by atoms with Gasteiger partial charge in [-0.1, -0.05) is 13.3 Å². The minimum absolute atomic E-state index is 0.136. The van der Waals surface area contributed by atoms with Crippen LogP contribution in [0.25, 0.3) is 0 Å². The molecule has 5 nitrogen and oxygen atoms in total. The summed E-state index contributed by atoms with van der Waals surface area (Å²) in [7, 11) is -1.68. The van der Waals surface area contributed by atoms with Gasteiger partial charge in [-0.05, 0) is 45.0 Å². The van der Waals surface area contributed by atoms with E-state index in [1.54, 1.807) is 18.8 Å². The van der Waals surface area contributed by atoms with E-state index in [9.17, 15) is 8.42 Å². The zero-order valence-corrected chi connectivity index (χ0v) is 14.6. The Labute approximate surface area is 128 Å². The number of rotatable bonds is 11. The third-order valence-electron chi connectivity index (χ3n) is 3.94. The first-order valence-corrected chi connectivity index (χ1v) is 10.1. The van der Waals surface area contributed by atoms with Gasteiger partial charge in [0.25, 0.3) is 10.2 Å². The average molecular weight is 324 g/mol. The monoisotopic (exact) mass is 323 g/mol. The third kappa shape index (κ3) is 5.52. The lowest BCUT2D eigenvalue weighted by molar-refractivity contribution is 0.356. The molecule has 0 atom stereocenters. The van der Waals surface area contributed by atoms with Gasteiger partial charge < -0.3 is 5.32 Å². The summed E-state index contributed by atoms with van der Waals surface area (Å²) < 4.78 is 28.6. The molecular weight excluding hydrogens is 294 g/mol. The van der Waals surface area contributed by atoms with Crippen LogP contribution in [0, 0.1) is 0 Å². The predicted molar refractivity (Wildman–Crippen MR) is 87.4 cm³/mol. The van der Waals surface area contributed by atoms with Crippen LogP contribution < -0.4 is 10.0 Å². The lowest BCUT2D eigenvalue weighted by Crippen LogP contribution is -2.48. The van der Waals surface area contributed by atoms with Crippen molar-refractivity contribution in [2.75, 3.05) is 39.5 Å². The zero-order chi connectivity index (χ0) is 15.1. The molecule has 1 fully saturated rings. The molecule has 7 heteroatoms. The Hall–Kier alpha value is 0.180. The highest BCUT2D eigenvalue weighted by Crippen LogP contribution is 2.42. The summed E-state index contributed by atoms with van der Waals surface area (Å²) in [5.74, 6) is 0. The molecule has 20 heavy (non-hydrogen) atoms. The Balaban J connectivity index is 2.28. The van der Waals surface area contributed by atoms with E-state index in [2.05, 4.69) is 23.2 Å². The number of nitrogens with zero attached hydrogens (tertiary/aromatic N) is 1. The Bertz CT molecular complexity index is 364. The van der Waals surface area contributed by atoms with Crippen molar-refractivity contribution in [3.8, 4) is 0 Å². The van der Waals surface area contributed by atoms with E-state index in [0.717, 1.165) is 38.8 Å². The molecule has 0 bridgehead atoms. The Kier molecular flexibility index (Phi) is 7.82. The van der Waals surface area contributed by atoms with Gasteiger partial charge >= 0.3 is 0 Å². The number of hydrogen-bond donors (Lipinski definition) is 2. The maximum absolute atomic E-state index is 12.1. The molecule has 0 aromatic heterocycles. The van der Waals surface area contributed by atoms with Crippen molar-refractivity contribution >= 4 is 22.0 Å². The maximum atomic E-state index is 12.1. The molecule has 0 aromatic carbocycles. The molecule has 1 aliphatic rings. The largest absolute Gasteiger partial charge is 0.317 e. The number of nitrogens with one attached hydrogen (secondary N) is 2. The van der Waals surface area contributed by atoms with Crippen LogP contribution in [0.1, 0.15) is 39.0 Å². The summed E-state index contributed by atoms with van der Waals surface area (Å²) in [5.41, 5.74) is 0. The van der Waals surface area contributed by atoms with E-state index < -0.39 is 10.2 Å². The summed E-state index contributed by atoms with van der Waals surface area (Å²) in [5, 5.41) is 3.28. The van der Waals surface area contributed by atoms with Crippen LogP contribution in [0.15, 0.2) is 0 Å². The van der Waals surface area contributed by atoms with Crippen molar-refractivity contribution in [1.29, 1.82) is 0 Å². The van der Waals surface area contributed by atoms with E-state index in [1.165, 1.54) is 10.7 Å². The fraction of sp³-hybridized carbons (Fsp3) is 1.00. The van der Waals surface area contributed by atoms with Crippen LogP contribution in [0.5, 0.6) is 0 Å². The van der Waals surface area contributed by atoms with Crippen molar-refractivity contribution in [3.05, 3.63) is 0 Å². The Morgan fingerprint density at radius 1 is 1.30 bits per heavy atom. The van der Waals surface area contributed by atoms with E-state index in [1.807, 2.05) is 0 Å². The standard InChI is InChI=1S/C13H29N3O2S2/c1-4-9-14-10-6-11-16(2)20(17,18)15-12-13(19-3)7-5-8-13/h14-15H,4-12H2,1-3H3. The minimum Gasteiger partial charge on any atom is -0.317 e. The van der Waals surface area contributed by atoms with Crippen molar-refractivity contribution in [2.24, 2.45) is 0 Å². The van der Waals surface area contributed by atoms with Gasteiger partial charge in [0.05, 0.1) is 0 Å². The smallest absolute Gasteiger partial charge is 0.279 e. The summed E-state index contributed by atoms with van der Waals surface area (Å²) in [6, 6.07) is 0. The molecule has 0 aromatic rings. The fourth-order valence-electron chi connectivity index (χ4n) is 2.21. The van der Waals surface area contributed by atoms with Crippen molar-refractivity contribution in [2.45, 2.75) is 43.8 Å². The summed E-state index contributed by atoms with van der Waals surface area (Å²) >= 11 is 1.78. The van der Waals surface area contributed by atoms with E-state index in [-0.39, 0.29) is 4.75 Å². The summed E-state index contributed by atoms with van der Waals surface area (Å²) in [4.78, 5) is 0. The first-order valence-electron chi connectivity index (χ1n) is 7.42. The minimum atomic E-state index is -3.33. The molecule has 120 valence electrons. The fourth-order valence-corrected chi connectivity index (χ4v) is 4.26. The average Bonchev–Trinajstić information content (AvgIpc) is 2.37. The quantitative estimate of drug-likeness (QED) is 0.565. The van der Waals surface area contributed by atoms with Crippen LogP contribution in [0.2, 0.25) is 0 Å². The van der Waals surface area contributed by atoms with Crippen LogP contribution in [0.3, 0.4) is 0 Å². The molecule has 0 unspecified atom stereocenters. The van der Waals surface area contributed by atoms with E-state index >= 15 is 0 Å². The molecule has 2 N–H and O–H groups in total. The molecule has 0 spiro atoms. The van der Waals surface area contributed by atoms with Gasteiger partial charge in [0.2, 0.25) is 0 Å². The SMILES string of the molecule is CCCNCCCN(C)S(=O)(=O)NCC1(SC)CCC1. The highest BCUT2D eigenvalue weighted by atomic mass is 32.2. The molecule has 1 saturated carbocycles. The molecule has 0 saturated heterocycles. The number of hydrogen-bond acceptors (Lipinski definition) is 4. The highest BCUT2D eigenvalue weighted by molar-refractivity contribution is 8.00. The Morgan fingerprint density at radius 2 is 2.00 bits per heavy atom. The second-order valence-electron chi connectivity index (χ2n) is 5.49. The van der Waals surface area contributed by atoms with Gasteiger partial charge in [0, 0.05) is 24.9 Å². The van der Waals surface area contributed by atoms with Gasteiger partial charge in [-0.15, -0.1) is 0 Å². The van der Waals surface area contributed by atoms with Crippen molar-refractivity contribution in [1.82, 2.24) is 14.3 Å². The molecule has 0 amide bonds. The molecule has 0 radical (unpaired) electrons. The van der Waals surface area contributed by atoms with Gasteiger partial charge in [0.1, 0.15) is 0 Å². The van der Waals surface area contributed by atoms with Crippen LogP contribution in [0.4, 0.5) is 0 Å². The third-order valence-corrected chi connectivity index (χ3v) is 6.87. The highest BCUT2D eigenvalue weighted by Gasteiger charge is 2.37. The topological polar surface area (TPSA) is 61.4 Å². The molecular formula is C13H29N3O2S2. The van der Waals surface area contributed by atoms with Crippen LogP contribution in [-0.2, 0) is 10.2 Å². The lowest BCUT2D eigenvalue weighted by atomic mass is 9.84. The van der Waals surface area contributed by atoms with Crippen molar-refractivity contribution in [3.63, 3.8) is 0 Å².